The molecule has 2 aliphatic rings. The average molecular weight is 1780 g/mol. The van der Waals surface area contributed by atoms with E-state index in [1.165, 1.54) is 56.7 Å². The predicted molar refractivity (Wildman–Crippen MR) is 464 cm³/mol. The van der Waals surface area contributed by atoms with Gasteiger partial charge in [0.1, 0.15) is 14.6 Å². The zero-order valence-electron chi connectivity index (χ0n) is 63.9. The summed E-state index contributed by atoms with van der Waals surface area (Å²) in [4.78, 5) is 85.2. The minimum Gasteiger partial charge on any atom is -0.390 e. The molecule has 0 unspecified atom stereocenters. The maximum Gasteiger partial charge on any atom is 0.265 e. The summed E-state index contributed by atoms with van der Waals surface area (Å²) >= 11 is 36.4. The van der Waals surface area contributed by atoms with Crippen LogP contribution in [0.2, 0.25) is 25.1 Å². The molecule has 0 atom stereocenters. The number of aliphatic hydroxyl groups is 6. The molecule has 25 nitrogen and oxygen atoms in total. The topological polar surface area (TPSA) is 307 Å². The summed E-state index contributed by atoms with van der Waals surface area (Å²) in [5, 5.41) is 64.9. The van der Waals surface area contributed by atoms with Crippen LogP contribution in [0.15, 0.2) is 152 Å². The third-order valence-corrected chi connectivity index (χ3v) is 25.7. The molecule has 17 rings (SSSR count). The van der Waals surface area contributed by atoms with Crippen LogP contribution in [0.25, 0.3) is 81.1 Å². The van der Waals surface area contributed by atoms with Gasteiger partial charge in [0.15, 0.2) is 30.6 Å². The maximum absolute atomic E-state index is 12.8. The molecule has 610 valence electrons. The lowest BCUT2D eigenvalue weighted by atomic mass is 10.1. The molecule has 0 radical (unpaired) electrons. The number of thiazole rings is 5. The Morgan fingerprint density at radius 1 is 0.419 bits per heavy atom. The van der Waals surface area contributed by atoms with Crippen LogP contribution < -0.4 is 5.32 Å². The number of imidazole rings is 5. The first-order valence-electron chi connectivity index (χ1n) is 37.2. The van der Waals surface area contributed by atoms with E-state index in [4.69, 9.17) is 62.7 Å². The summed E-state index contributed by atoms with van der Waals surface area (Å²) in [6.07, 6.45) is 11.3. The predicted octanol–water partition coefficient (Wildman–Crippen LogP) is 16.3. The summed E-state index contributed by atoms with van der Waals surface area (Å²) in [5.41, 5.74) is 10.5. The van der Waals surface area contributed by atoms with Crippen molar-refractivity contribution in [3.8, 4) is 56.3 Å². The molecule has 3 amide bonds. The van der Waals surface area contributed by atoms with Gasteiger partial charge in [-0.15, -0.1) is 0 Å². The molecule has 0 saturated carbocycles. The first-order valence-corrected chi connectivity index (χ1v) is 43.2. The van der Waals surface area contributed by atoms with E-state index >= 15 is 0 Å². The second-order valence-corrected chi connectivity index (χ2v) is 34.8. The maximum atomic E-state index is 12.8. The number of rotatable bonds is 19. The molecule has 0 spiro atoms. The number of carbonyl (C=O) groups is 4. The standard InChI is InChI=1S/C18H19ClN4O2S.C17H16ClN3O3S.C17H17ClN2O2S.C15H14ClN3O2S.C15H15ClN2O2S/c1-21-6-8-22(9-7-21)17(25)15-10-23-14(11-24)16(20-18(23)26-15)12-2-4-13(19)5-3-12;18-12-3-1-11(2-4-12)15-13(10-22)21-9-14(25-17(21)19-15)16(23)20-5-7-24-8-6-20;1-2-3-4-14(22)15-9-20-13(10-21)16(19-17(20)23-15)11-5-7-12(18)8-6-11;1-2-17-14(21)12-7-19-11(8-20)13(18-15(19)22-12)9-3-5-10(16)6-4-9;1-15(2,20)12-7-18-11(8-19)13(17-14(18)21-12)9-3-5-10(16)6-4-9/h2-5,10,24H,6-9,11H2,1H3;1-4,9,22H,5-8,10H2;5-9,21H,2-4,10H2,1H3;3-7,20H,2,8H2,1H3,(H,17,21);3-7,19-20H,8H2,1-2H3. The van der Waals surface area contributed by atoms with Gasteiger partial charge >= 0.3 is 0 Å². The minimum absolute atomic E-state index is 0.0178. The van der Waals surface area contributed by atoms with E-state index in [9.17, 15) is 49.8 Å². The molecule has 15 aromatic rings. The smallest absolute Gasteiger partial charge is 0.265 e. The molecule has 2 aliphatic heterocycles. The molecular weight excluding hydrogens is 1690 g/mol. The number of aliphatic hydroxyl groups excluding tert-OH is 5. The van der Waals surface area contributed by atoms with E-state index in [1.54, 1.807) is 113 Å². The van der Waals surface area contributed by atoms with Crippen molar-refractivity contribution in [3.05, 3.63) is 230 Å². The number of likely N-dealkylation sites (N-methyl/N-ethyl adjacent to an activating group) is 1. The van der Waals surface area contributed by atoms with Gasteiger partial charge in [0.2, 0.25) is 0 Å². The number of ketones is 1. The fourth-order valence-corrected chi connectivity index (χ4v) is 18.4. The largest absolute Gasteiger partial charge is 0.390 e. The van der Waals surface area contributed by atoms with Gasteiger partial charge in [0.05, 0.1) is 119 Å². The van der Waals surface area contributed by atoms with Crippen molar-refractivity contribution >= 4 is 163 Å². The minimum atomic E-state index is -0.918. The van der Waals surface area contributed by atoms with Crippen LogP contribution in [0.3, 0.4) is 0 Å². The Morgan fingerprint density at radius 2 is 0.709 bits per heavy atom. The van der Waals surface area contributed by atoms with Crippen LogP contribution in [0, 0.1) is 0 Å². The fourth-order valence-electron chi connectivity index (χ4n) is 12.9. The average Bonchev–Trinajstić information content (AvgIpc) is 1.67. The summed E-state index contributed by atoms with van der Waals surface area (Å²) in [6, 6.07) is 36.7. The number of amides is 3. The van der Waals surface area contributed by atoms with Crippen molar-refractivity contribution in [2.45, 2.75) is 85.6 Å². The van der Waals surface area contributed by atoms with Gasteiger partial charge < -0.3 is 55.4 Å². The van der Waals surface area contributed by atoms with Gasteiger partial charge in [-0.3, -0.25) is 41.2 Å². The normalized spacial score (nSPS) is 13.2. The monoisotopic (exact) mass is 1770 g/mol. The van der Waals surface area contributed by atoms with Crippen molar-refractivity contribution in [2.75, 3.05) is 66.1 Å². The molecule has 2 saturated heterocycles. The first-order chi connectivity index (χ1) is 56.4. The van der Waals surface area contributed by atoms with Crippen molar-refractivity contribution in [3.63, 3.8) is 0 Å². The van der Waals surface area contributed by atoms with Crippen molar-refractivity contribution < 1.29 is 54.6 Å². The van der Waals surface area contributed by atoms with E-state index in [1.807, 2.05) is 91.9 Å². The van der Waals surface area contributed by atoms with Crippen LogP contribution in [0.5, 0.6) is 0 Å². The van der Waals surface area contributed by atoms with Gasteiger partial charge in [0, 0.05) is 136 Å². The highest BCUT2D eigenvalue weighted by Gasteiger charge is 2.29. The van der Waals surface area contributed by atoms with Crippen LogP contribution in [0.1, 0.15) is 119 Å². The molecule has 12 heterocycles. The number of morpholine rings is 1. The van der Waals surface area contributed by atoms with Crippen LogP contribution in [-0.2, 0) is 43.4 Å². The zero-order valence-corrected chi connectivity index (χ0v) is 71.8. The summed E-state index contributed by atoms with van der Waals surface area (Å²) < 4.78 is 14.3. The van der Waals surface area contributed by atoms with Crippen LogP contribution >= 0.6 is 115 Å². The number of hydrogen-bond donors (Lipinski definition) is 7. The molecule has 0 bridgehead atoms. The number of fused-ring (bicyclic) bond motifs is 5. The third kappa shape index (κ3) is 19.6. The van der Waals surface area contributed by atoms with E-state index in [0.29, 0.717) is 144 Å². The van der Waals surface area contributed by atoms with Crippen LogP contribution in [-0.4, -0.2) is 182 Å². The van der Waals surface area contributed by atoms with Gasteiger partial charge in [-0.05, 0) is 94.9 Å². The van der Waals surface area contributed by atoms with Crippen molar-refractivity contribution in [1.82, 2.24) is 66.9 Å². The molecular formula is C82H81Cl5N14O11S5. The summed E-state index contributed by atoms with van der Waals surface area (Å²) in [7, 11) is 2.06. The number of halogens is 5. The number of nitrogens with one attached hydrogen (secondary N) is 1. The van der Waals surface area contributed by atoms with Gasteiger partial charge in [-0.25, -0.2) is 24.9 Å². The SMILES string of the molecule is CC(C)(O)c1cn2c(CO)c(-c3ccc(Cl)cc3)nc2s1.CCCCC(=O)c1cn2c(CO)c(-c3ccc(Cl)cc3)nc2s1.CCNC(=O)c1cn2c(CO)c(-c3ccc(Cl)cc3)nc2s1.CN1CCN(C(=O)c2cn3c(CO)c(-c4ccc(Cl)cc4)nc3s2)CC1.O=C(c1cn2c(CO)c(-c3ccc(Cl)cc3)nc2s1)N1CCOCC1. The van der Waals surface area contributed by atoms with Gasteiger partial charge in [-0.1, -0.05) is 189 Å². The third-order valence-electron chi connectivity index (χ3n) is 19.2. The Balaban J connectivity index is 0.000000127. The second kappa shape index (κ2) is 38.5. The number of carbonyl (C=O) groups excluding carboxylic acids is 4. The Morgan fingerprint density at radius 3 is 1.03 bits per heavy atom. The molecule has 35 heteroatoms. The zero-order chi connectivity index (χ0) is 82.9. The highest BCUT2D eigenvalue weighted by atomic mass is 35.5. The number of ether oxygens (including phenoxy) is 1. The lowest BCUT2D eigenvalue weighted by Crippen LogP contribution is -2.46. The Hall–Kier alpha value is -8.84. The number of aromatic nitrogens is 10. The Bertz CT molecular complexity index is 5990. The second-order valence-electron chi connectivity index (χ2n) is 27.5. The van der Waals surface area contributed by atoms with E-state index < -0.39 is 5.60 Å². The quantitative estimate of drug-likeness (QED) is 0.0370. The Kier molecular flexibility index (Phi) is 28.3. The molecule has 10 aromatic heterocycles. The number of Topliss-reactive ketones (excluding diaryl/α,β-unsaturated/α-hetero) is 1. The van der Waals surface area contributed by atoms with Crippen molar-refractivity contribution in [1.29, 1.82) is 0 Å². The lowest BCUT2D eigenvalue weighted by molar-refractivity contribution is 0.0306. The number of nitrogens with zero attached hydrogens (tertiary/aromatic N) is 13. The van der Waals surface area contributed by atoms with Gasteiger partial charge in [0.25, 0.3) is 17.7 Å². The molecule has 7 N–H and O–H groups in total. The molecule has 117 heavy (non-hydrogen) atoms. The first kappa shape index (κ1) is 86.0. The molecule has 2 fully saturated rings. The van der Waals surface area contributed by atoms with Crippen molar-refractivity contribution in [2.24, 2.45) is 0 Å². The number of piperazine rings is 1. The highest BCUT2D eigenvalue weighted by Crippen LogP contribution is 2.38. The molecule has 5 aromatic carbocycles. The summed E-state index contributed by atoms with van der Waals surface area (Å²) in [5.74, 6) is 0.0236. The van der Waals surface area contributed by atoms with E-state index in [2.05, 4.69) is 49.1 Å². The van der Waals surface area contributed by atoms with Gasteiger partial charge in [-0.2, -0.15) is 0 Å². The number of unbranched alkanes of at least 4 members (excludes halogenated alkanes) is 1. The van der Waals surface area contributed by atoms with Crippen LogP contribution in [0.4, 0.5) is 0 Å². The molecule has 0 aliphatic carbocycles. The summed E-state index contributed by atoms with van der Waals surface area (Å²) in [6.45, 7) is 12.8. The fraction of sp³-hybridized carbons (Fsp3) is 0.280. The number of hydrogen-bond acceptors (Lipinski definition) is 22. The van der Waals surface area contributed by atoms with E-state index in [-0.39, 0.29) is 56.5 Å². The van der Waals surface area contributed by atoms with E-state index in [0.717, 1.165) is 93.0 Å². The highest BCUT2D eigenvalue weighted by molar-refractivity contribution is 7.20. The Labute approximate surface area is 717 Å². The lowest BCUT2D eigenvalue weighted by Gasteiger charge is -2.32. The number of benzene rings is 5.